The first kappa shape index (κ1) is 21.0. The number of rotatable bonds is 5. The van der Waals surface area contributed by atoms with Crippen molar-refractivity contribution < 1.29 is 24.5 Å². The highest BCUT2D eigenvalue weighted by Crippen LogP contribution is 2.22. The highest BCUT2D eigenvalue weighted by molar-refractivity contribution is 6.04. The molecular formula is C21H24N2O5. The number of amides is 1. The molecule has 0 atom stereocenters. The first-order valence-corrected chi connectivity index (χ1v) is 8.79. The standard InChI is InChI=1S/C21H24N2O5/c1-21(2,3)28-20(27)23-18(22)15-10-11-17(24)14(12-15)9-8-13-6-4-5-7-16(13)19(25)26/h4-7,10-12,24H,8-9H2,1-3H3,(H,25,26)(H2,22,23,27). The zero-order valence-electron chi connectivity index (χ0n) is 16.1. The second-order valence-corrected chi connectivity index (χ2v) is 7.31. The summed E-state index contributed by atoms with van der Waals surface area (Å²) in [5.74, 6) is -1.11. The summed E-state index contributed by atoms with van der Waals surface area (Å²) in [6, 6.07) is 11.2. The van der Waals surface area contributed by atoms with Gasteiger partial charge in [-0.15, -0.1) is 0 Å². The van der Waals surface area contributed by atoms with Gasteiger partial charge in [0.1, 0.15) is 17.2 Å². The van der Waals surface area contributed by atoms with Gasteiger partial charge in [-0.2, -0.15) is 0 Å². The van der Waals surface area contributed by atoms with E-state index in [1.165, 1.54) is 18.2 Å². The van der Waals surface area contributed by atoms with Gasteiger partial charge in [0.15, 0.2) is 0 Å². The first-order valence-electron chi connectivity index (χ1n) is 8.79. The highest BCUT2D eigenvalue weighted by Gasteiger charge is 2.18. The number of hydrogen-bond acceptors (Lipinski definition) is 5. The van der Waals surface area contributed by atoms with Gasteiger partial charge in [0.25, 0.3) is 0 Å². The molecule has 0 bridgehead atoms. The number of carbonyl (C=O) groups is 2. The minimum atomic E-state index is -1.00. The molecule has 148 valence electrons. The molecule has 7 heteroatoms. The molecule has 28 heavy (non-hydrogen) atoms. The number of carboxylic acids is 1. The maximum atomic E-state index is 11.8. The third-order valence-electron chi connectivity index (χ3n) is 3.91. The maximum Gasteiger partial charge on any atom is 0.413 e. The Labute approximate surface area is 163 Å². The number of nitrogens with one attached hydrogen (secondary N) is 2. The van der Waals surface area contributed by atoms with Gasteiger partial charge in [-0.3, -0.25) is 10.7 Å². The number of ether oxygens (including phenoxy) is 1. The van der Waals surface area contributed by atoms with Crippen molar-refractivity contribution in [2.45, 2.75) is 39.2 Å². The molecule has 2 rings (SSSR count). The number of aromatic hydroxyl groups is 1. The van der Waals surface area contributed by atoms with Crippen LogP contribution in [0.2, 0.25) is 0 Å². The van der Waals surface area contributed by atoms with E-state index in [0.29, 0.717) is 29.5 Å². The highest BCUT2D eigenvalue weighted by atomic mass is 16.6. The minimum Gasteiger partial charge on any atom is -0.508 e. The fraction of sp³-hybridized carbons (Fsp3) is 0.286. The monoisotopic (exact) mass is 384 g/mol. The lowest BCUT2D eigenvalue weighted by Gasteiger charge is -2.20. The number of alkyl carbamates (subject to hydrolysis) is 1. The van der Waals surface area contributed by atoms with E-state index in [4.69, 9.17) is 10.1 Å². The number of benzene rings is 2. The van der Waals surface area contributed by atoms with Crippen LogP contribution in [-0.4, -0.2) is 33.7 Å². The molecule has 2 aromatic carbocycles. The first-order chi connectivity index (χ1) is 13.1. The molecule has 2 aromatic rings. The Morgan fingerprint density at radius 1 is 1.07 bits per heavy atom. The van der Waals surface area contributed by atoms with Crippen LogP contribution < -0.4 is 5.32 Å². The molecular weight excluding hydrogens is 360 g/mol. The summed E-state index contributed by atoms with van der Waals surface area (Å²) in [4.78, 5) is 23.1. The molecule has 0 saturated carbocycles. The van der Waals surface area contributed by atoms with Gasteiger partial charge in [-0.05, 0) is 69.0 Å². The molecule has 1 amide bonds. The lowest BCUT2D eigenvalue weighted by molar-refractivity contribution is 0.0562. The molecule has 0 unspecified atom stereocenters. The Morgan fingerprint density at radius 2 is 1.71 bits per heavy atom. The van der Waals surface area contributed by atoms with Gasteiger partial charge in [-0.1, -0.05) is 18.2 Å². The van der Waals surface area contributed by atoms with Crippen molar-refractivity contribution in [2.75, 3.05) is 0 Å². The van der Waals surface area contributed by atoms with Gasteiger partial charge in [0.05, 0.1) is 5.56 Å². The van der Waals surface area contributed by atoms with E-state index in [1.54, 1.807) is 45.0 Å². The van der Waals surface area contributed by atoms with E-state index in [1.807, 2.05) is 0 Å². The second kappa shape index (κ2) is 8.56. The van der Waals surface area contributed by atoms with Crippen LogP contribution in [0.5, 0.6) is 5.75 Å². The van der Waals surface area contributed by atoms with Crippen LogP contribution in [-0.2, 0) is 17.6 Å². The van der Waals surface area contributed by atoms with Crippen LogP contribution in [0.3, 0.4) is 0 Å². The minimum absolute atomic E-state index is 0.0432. The van der Waals surface area contributed by atoms with Crippen molar-refractivity contribution in [3.05, 3.63) is 64.7 Å². The molecule has 0 aliphatic carbocycles. The van der Waals surface area contributed by atoms with Gasteiger partial charge < -0.3 is 14.9 Å². The normalized spacial score (nSPS) is 11.0. The third kappa shape index (κ3) is 5.84. The van der Waals surface area contributed by atoms with Crippen molar-refractivity contribution in [2.24, 2.45) is 0 Å². The van der Waals surface area contributed by atoms with Crippen molar-refractivity contribution >= 4 is 17.9 Å². The van der Waals surface area contributed by atoms with Gasteiger partial charge in [0, 0.05) is 5.56 Å². The van der Waals surface area contributed by atoms with Crippen LogP contribution in [0.1, 0.15) is 47.8 Å². The third-order valence-corrected chi connectivity index (χ3v) is 3.91. The molecule has 7 nitrogen and oxygen atoms in total. The number of phenols is 1. The summed E-state index contributed by atoms with van der Waals surface area (Å²) in [6.45, 7) is 5.18. The summed E-state index contributed by atoms with van der Waals surface area (Å²) in [6.07, 6.45) is 0.0539. The number of phenolic OH excluding ortho intramolecular Hbond substituents is 1. The lowest BCUT2D eigenvalue weighted by atomic mass is 9.98. The van der Waals surface area contributed by atoms with Crippen LogP contribution in [0.4, 0.5) is 4.79 Å². The quantitative estimate of drug-likeness (QED) is 0.462. The van der Waals surface area contributed by atoms with Crippen molar-refractivity contribution in [3.8, 4) is 5.75 Å². The van der Waals surface area contributed by atoms with E-state index >= 15 is 0 Å². The van der Waals surface area contributed by atoms with Crippen LogP contribution in [0, 0.1) is 5.41 Å². The predicted octanol–water partition coefficient (Wildman–Crippen LogP) is 3.73. The molecule has 0 fully saturated rings. The largest absolute Gasteiger partial charge is 0.508 e. The SMILES string of the molecule is CC(C)(C)OC(=O)NC(=N)c1ccc(O)c(CCc2ccccc2C(=O)O)c1. The van der Waals surface area contributed by atoms with E-state index in [2.05, 4.69) is 5.32 Å². The second-order valence-electron chi connectivity index (χ2n) is 7.31. The smallest absolute Gasteiger partial charge is 0.413 e. The van der Waals surface area contributed by atoms with Gasteiger partial charge >= 0.3 is 12.1 Å². The van der Waals surface area contributed by atoms with E-state index < -0.39 is 17.7 Å². The lowest BCUT2D eigenvalue weighted by Crippen LogP contribution is -2.36. The zero-order chi connectivity index (χ0) is 20.9. The summed E-state index contributed by atoms with van der Waals surface area (Å²) in [5.41, 5.74) is 1.15. The van der Waals surface area contributed by atoms with Crippen molar-refractivity contribution in [3.63, 3.8) is 0 Å². The summed E-state index contributed by atoms with van der Waals surface area (Å²) < 4.78 is 5.13. The number of amidine groups is 1. The summed E-state index contributed by atoms with van der Waals surface area (Å²) in [5, 5.41) is 29.8. The van der Waals surface area contributed by atoms with Crippen molar-refractivity contribution in [1.29, 1.82) is 5.41 Å². The molecule has 0 aromatic heterocycles. The fourth-order valence-corrected chi connectivity index (χ4v) is 2.64. The molecule has 0 saturated heterocycles. The Hall–Kier alpha value is -3.35. The predicted molar refractivity (Wildman–Crippen MR) is 105 cm³/mol. The van der Waals surface area contributed by atoms with Crippen LogP contribution >= 0.6 is 0 Å². The molecule has 0 aliphatic rings. The van der Waals surface area contributed by atoms with Crippen LogP contribution in [0.15, 0.2) is 42.5 Å². The number of aryl methyl sites for hydroxylation is 2. The maximum absolute atomic E-state index is 11.8. The number of carbonyl (C=O) groups excluding carboxylic acids is 1. The van der Waals surface area contributed by atoms with E-state index in [9.17, 15) is 19.8 Å². The van der Waals surface area contributed by atoms with Crippen LogP contribution in [0.25, 0.3) is 0 Å². The van der Waals surface area contributed by atoms with Crippen molar-refractivity contribution in [1.82, 2.24) is 5.32 Å². The average molecular weight is 384 g/mol. The number of hydrogen-bond donors (Lipinski definition) is 4. The Morgan fingerprint density at radius 3 is 2.36 bits per heavy atom. The van der Waals surface area contributed by atoms with E-state index in [0.717, 1.165) is 0 Å². The zero-order valence-corrected chi connectivity index (χ0v) is 16.1. The Balaban J connectivity index is 2.12. The average Bonchev–Trinajstić information content (AvgIpc) is 2.59. The Bertz CT molecular complexity index is 900. The summed E-state index contributed by atoms with van der Waals surface area (Å²) in [7, 11) is 0. The Kier molecular flexibility index (Phi) is 6.41. The molecule has 4 N–H and O–H groups in total. The van der Waals surface area contributed by atoms with Gasteiger partial charge in [-0.25, -0.2) is 9.59 Å². The van der Waals surface area contributed by atoms with Gasteiger partial charge in [0.2, 0.25) is 0 Å². The fourth-order valence-electron chi connectivity index (χ4n) is 2.64. The topological polar surface area (TPSA) is 120 Å². The molecule has 0 spiro atoms. The summed E-state index contributed by atoms with van der Waals surface area (Å²) >= 11 is 0. The number of carboxylic acid groups (broad SMARTS) is 1. The molecule has 0 radical (unpaired) electrons. The van der Waals surface area contributed by atoms with E-state index in [-0.39, 0.29) is 17.1 Å². The number of aromatic carboxylic acids is 1. The molecule has 0 aliphatic heterocycles. The molecule has 0 heterocycles.